The predicted molar refractivity (Wildman–Crippen MR) is 203 cm³/mol. The zero-order valence-electron chi connectivity index (χ0n) is 26.9. The van der Waals surface area contributed by atoms with Crippen molar-refractivity contribution in [3.8, 4) is 51.0 Å². The van der Waals surface area contributed by atoms with Crippen LogP contribution >= 0.6 is 0 Å². The predicted octanol–water partition coefficient (Wildman–Crippen LogP) is 11.5. The van der Waals surface area contributed by atoms with Gasteiger partial charge in [0.05, 0.1) is 22.0 Å². The van der Waals surface area contributed by atoms with E-state index in [9.17, 15) is 0 Å². The minimum absolute atomic E-state index is 0.565. The molecule has 7 aromatic carbocycles. The van der Waals surface area contributed by atoms with Gasteiger partial charge in [-0.3, -0.25) is 0 Å². The highest BCUT2D eigenvalue weighted by atomic mass is 16.3. The van der Waals surface area contributed by atoms with Gasteiger partial charge >= 0.3 is 0 Å². The molecule has 0 bridgehead atoms. The normalized spacial score (nSPS) is 11.6. The summed E-state index contributed by atoms with van der Waals surface area (Å²) >= 11 is 0. The lowest BCUT2D eigenvalue weighted by atomic mass is 10.0. The molecule has 10 aromatic rings. The molecule has 0 aliphatic carbocycles. The zero-order valence-corrected chi connectivity index (χ0v) is 26.9. The van der Waals surface area contributed by atoms with Crippen molar-refractivity contribution >= 4 is 43.7 Å². The van der Waals surface area contributed by atoms with Crippen molar-refractivity contribution in [2.24, 2.45) is 0 Å². The number of fused-ring (bicyclic) bond motifs is 7. The molecule has 234 valence electrons. The second-order valence-corrected chi connectivity index (χ2v) is 12.4. The fourth-order valence-electron chi connectivity index (χ4n) is 7.15. The molecule has 0 saturated carbocycles. The number of aromatic nitrogens is 4. The van der Waals surface area contributed by atoms with E-state index in [0.29, 0.717) is 17.5 Å². The van der Waals surface area contributed by atoms with Gasteiger partial charge in [-0.25, -0.2) is 15.0 Å². The van der Waals surface area contributed by atoms with E-state index in [1.807, 2.05) is 72.8 Å². The Labute approximate surface area is 287 Å². The van der Waals surface area contributed by atoms with Crippen LogP contribution in [0.2, 0.25) is 0 Å². The van der Waals surface area contributed by atoms with Crippen molar-refractivity contribution in [1.82, 2.24) is 19.5 Å². The summed E-state index contributed by atoms with van der Waals surface area (Å²) in [5.74, 6) is 1.80. The van der Waals surface area contributed by atoms with E-state index in [-0.39, 0.29) is 0 Å². The summed E-state index contributed by atoms with van der Waals surface area (Å²) in [7, 11) is 0. The molecule has 5 nitrogen and oxygen atoms in total. The largest absolute Gasteiger partial charge is 0.455 e. The first-order valence-electron chi connectivity index (χ1n) is 16.7. The smallest absolute Gasteiger partial charge is 0.167 e. The van der Waals surface area contributed by atoms with Gasteiger partial charge in [-0.1, -0.05) is 133 Å². The van der Waals surface area contributed by atoms with Gasteiger partial charge < -0.3 is 8.98 Å². The van der Waals surface area contributed by atoms with Gasteiger partial charge in [-0.05, 0) is 47.5 Å². The highest BCUT2D eigenvalue weighted by molar-refractivity contribution is 6.25. The molecule has 0 radical (unpaired) electrons. The standard InChI is InChI=1S/C45H28N4O/c1-4-13-29(14-5-1)30-23-25-33(26-24-30)49-38-22-11-10-19-34(38)35-27-28-39-40(41(35)49)36-20-12-21-37(42(36)50-39)45-47-43(31-15-6-2-7-16-31)46-44(48-45)32-17-8-3-9-18-32/h1-28H. The van der Waals surface area contributed by atoms with Crippen molar-refractivity contribution in [3.63, 3.8) is 0 Å². The average Bonchev–Trinajstić information content (AvgIpc) is 3.75. The topological polar surface area (TPSA) is 56.7 Å². The van der Waals surface area contributed by atoms with Crippen LogP contribution in [0.5, 0.6) is 0 Å². The first kappa shape index (κ1) is 28.2. The minimum Gasteiger partial charge on any atom is -0.455 e. The van der Waals surface area contributed by atoms with E-state index in [1.54, 1.807) is 0 Å². The van der Waals surface area contributed by atoms with Crippen molar-refractivity contribution in [2.45, 2.75) is 0 Å². The van der Waals surface area contributed by atoms with Gasteiger partial charge in [0.1, 0.15) is 11.2 Å². The Morgan fingerprint density at radius 3 is 1.64 bits per heavy atom. The molecule has 0 unspecified atom stereocenters. The molecule has 0 fully saturated rings. The number of nitrogens with zero attached hydrogens (tertiary/aromatic N) is 4. The molecule has 3 heterocycles. The van der Waals surface area contributed by atoms with Crippen molar-refractivity contribution < 1.29 is 4.42 Å². The van der Waals surface area contributed by atoms with E-state index in [0.717, 1.165) is 55.3 Å². The van der Waals surface area contributed by atoms with Gasteiger partial charge in [-0.15, -0.1) is 0 Å². The monoisotopic (exact) mass is 640 g/mol. The van der Waals surface area contributed by atoms with Crippen LogP contribution in [0.4, 0.5) is 0 Å². The Balaban J connectivity index is 1.23. The Morgan fingerprint density at radius 1 is 0.400 bits per heavy atom. The molecule has 0 N–H and O–H groups in total. The molecule has 0 saturated heterocycles. The third-order valence-electron chi connectivity index (χ3n) is 9.47. The van der Waals surface area contributed by atoms with E-state index in [2.05, 4.69) is 102 Å². The lowest BCUT2D eigenvalue weighted by molar-refractivity contribution is 0.669. The van der Waals surface area contributed by atoms with Gasteiger partial charge in [-0.2, -0.15) is 0 Å². The quantitative estimate of drug-likeness (QED) is 0.188. The maximum absolute atomic E-state index is 6.79. The van der Waals surface area contributed by atoms with Crippen molar-refractivity contribution in [2.75, 3.05) is 0 Å². The molecule has 0 spiro atoms. The number of hydrogen-bond donors (Lipinski definition) is 0. The van der Waals surface area contributed by atoms with Crippen LogP contribution in [0.1, 0.15) is 0 Å². The van der Waals surface area contributed by atoms with Crippen LogP contribution in [0, 0.1) is 0 Å². The third kappa shape index (κ3) is 4.52. The summed E-state index contributed by atoms with van der Waals surface area (Å²) in [4.78, 5) is 15.0. The van der Waals surface area contributed by atoms with Gasteiger partial charge in [0.15, 0.2) is 17.5 Å². The summed E-state index contributed by atoms with van der Waals surface area (Å²) in [5, 5.41) is 4.44. The maximum Gasteiger partial charge on any atom is 0.167 e. The first-order chi connectivity index (χ1) is 24.8. The highest BCUT2D eigenvalue weighted by Gasteiger charge is 2.22. The summed E-state index contributed by atoms with van der Waals surface area (Å²) in [6.07, 6.45) is 0. The van der Waals surface area contributed by atoms with E-state index in [4.69, 9.17) is 19.4 Å². The van der Waals surface area contributed by atoms with Crippen LogP contribution in [0.25, 0.3) is 94.7 Å². The number of rotatable bonds is 5. The fourth-order valence-corrected chi connectivity index (χ4v) is 7.15. The second-order valence-electron chi connectivity index (χ2n) is 12.4. The summed E-state index contributed by atoms with van der Waals surface area (Å²) < 4.78 is 9.16. The lowest BCUT2D eigenvalue weighted by Crippen LogP contribution is -2.00. The van der Waals surface area contributed by atoms with Crippen LogP contribution in [-0.4, -0.2) is 19.5 Å². The van der Waals surface area contributed by atoms with Crippen molar-refractivity contribution in [3.05, 3.63) is 170 Å². The molecule has 10 rings (SSSR count). The second kappa shape index (κ2) is 11.4. The fraction of sp³-hybridized carbons (Fsp3) is 0. The summed E-state index contributed by atoms with van der Waals surface area (Å²) in [6, 6.07) is 58.5. The zero-order chi connectivity index (χ0) is 33.0. The lowest BCUT2D eigenvalue weighted by Gasteiger charge is -2.10. The van der Waals surface area contributed by atoms with Crippen LogP contribution in [0.3, 0.4) is 0 Å². The third-order valence-corrected chi connectivity index (χ3v) is 9.47. The van der Waals surface area contributed by atoms with E-state index in [1.165, 1.54) is 21.9 Å². The highest BCUT2D eigenvalue weighted by Crippen LogP contribution is 2.43. The van der Waals surface area contributed by atoms with Gasteiger partial charge in [0.25, 0.3) is 0 Å². The van der Waals surface area contributed by atoms with Crippen LogP contribution in [-0.2, 0) is 0 Å². The molecule has 50 heavy (non-hydrogen) atoms. The van der Waals surface area contributed by atoms with Gasteiger partial charge in [0.2, 0.25) is 0 Å². The average molecular weight is 641 g/mol. The van der Waals surface area contributed by atoms with E-state index >= 15 is 0 Å². The minimum atomic E-state index is 0.565. The first-order valence-corrected chi connectivity index (χ1v) is 16.7. The molecule has 0 amide bonds. The number of para-hydroxylation sites is 2. The van der Waals surface area contributed by atoms with E-state index < -0.39 is 0 Å². The summed E-state index contributed by atoms with van der Waals surface area (Å²) in [5.41, 5.74) is 9.94. The Kier molecular flexibility index (Phi) is 6.42. The molecular formula is C45H28N4O. The maximum atomic E-state index is 6.79. The Bertz CT molecular complexity index is 2780. The van der Waals surface area contributed by atoms with Gasteiger partial charge in [0, 0.05) is 33.0 Å². The molecule has 0 aliphatic heterocycles. The van der Waals surface area contributed by atoms with Crippen LogP contribution in [0.15, 0.2) is 174 Å². The molecule has 3 aromatic heterocycles. The number of benzene rings is 7. The SMILES string of the molecule is c1ccc(-c2ccc(-n3c4ccccc4c4ccc5oc6c(-c7nc(-c8ccccc8)nc(-c8ccccc8)n7)cccc6c5c43)cc2)cc1. The molecule has 5 heteroatoms. The molecule has 0 atom stereocenters. The molecular weight excluding hydrogens is 613 g/mol. The van der Waals surface area contributed by atoms with Crippen LogP contribution < -0.4 is 0 Å². The Hall–Kier alpha value is -6.85. The van der Waals surface area contributed by atoms with Crippen molar-refractivity contribution in [1.29, 1.82) is 0 Å². The Morgan fingerprint density at radius 2 is 0.960 bits per heavy atom. The molecule has 0 aliphatic rings. The number of hydrogen-bond acceptors (Lipinski definition) is 4. The number of furan rings is 1. The summed E-state index contributed by atoms with van der Waals surface area (Å²) in [6.45, 7) is 0.